The van der Waals surface area contributed by atoms with Gasteiger partial charge in [-0.15, -0.1) is 0 Å². The first kappa shape index (κ1) is 12.9. The fourth-order valence-corrected chi connectivity index (χ4v) is 2.20. The molecule has 0 saturated heterocycles. The molecule has 1 unspecified atom stereocenters. The summed E-state index contributed by atoms with van der Waals surface area (Å²) in [5, 5.41) is 0. The molecule has 20 heavy (non-hydrogen) atoms. The third kappa shape index (κ3) is 2.87. The topological polar surface area (TPSA) is 27.7 Å². The van der Waals surface area contributed by atoms with Crippen LogP contribution in [0, 0.1) is 13.8 Å². The van der Waals surface area contributed by atoms with Crippen molar-refractivity contribution in [3.63, 3.8) is 0 Å². The minimum Gasteiger partial charge on any atom is -0.490 e. The van der Waals surface area contributed by atoms with Gasteiger partial charge >= 0.3 is 0 Å². The highest BCUT2D eigenvalue weighted by molar-refractivity contribution is 5.43. The van der Waals surface area contributed by atoms with Crippen LogP contribution >= 0.6 is 0 Å². The van der Waals surface area contributed by atoms with E-state index in [0.717, 1.165) is 22.8 Å². The number of hydrogen-bond acceptors (Lipinski definition) is 3. The Kier molecular flexibility index (Phi) is 3.50. The van der Waals surface area contributed by atoms with E-state index in [2.05, 4.69) is 0 Å². The largest absolute Gasteiger partial charge is 0.490 e. The van der Waals surface area contributed by atoms with Crippen LogP contribution < -0.4 is 14.2 Å². The van der Waals surface area contributed by atoms with Gasteiger partial charge in [-0.2, -0.15) is 0 Å². The molecule has 2 aromatic carbocycles. The van der Waals surface area contributed by atoms with Crippen LogP contribution in [0.2, 0.25) is 0 Å². The normalized spacial score (nSPS) is 16.8. The highest BCUT2D eigenvalue weighted by atomic mass is 16.6. The predicted molar refractivity (Wildman–Crippen MR) is 77.8 cm³/mol. The lowest BCUT2D eigenvalue weighted by Crippen LogP contribution is -2.34. The lowest BCUT2D eigenvalue weighted by molar-refractivity contribution is 0.0535. The summed E-state index contributed by atoms with van der Waals surface area (Å²) in [5.41, 5.74) is 2.34. The SMILES string of the molecule is Cc1cccc(OCC2COc3ccc(C)cc3O2)c1. The fourth-order valence-electron chi connectivity index (χ4n) is 2.20. The third-order valence-corrected chi connectivity index (χ3v) is 3.24. The second-order valence-corrected chi connectivity index (χ2v) is 5.13. The lowest BCUT2D eigenvalue weighted by atomic mass is 10.2. The zero-order valence-electron chi connectivity index (χ0n) is 11.8. The van der Waals surface area contributed by atoms with Crippen LogP contribution in [0.15, 0.2) is 42.5 Å². The average Bonchev–Trinajstić information content (AvgIpc) is 2.45. The van der Waals surface area contributed by atoms with Crippen molar-refractivity contribution in [1.29, 1.82) is 0 Å². The molecule has 0 spiro atoms. The maximum absolute atomic E-state index is 5.91. The standard InChI is InChI=1S/C17H18O3/c1-12-4-3-5-14(8-12)18-10-15-11-19-16-7-6-13(2)9-17(16)20-15/h3-9,15H,10-11H2,1-2H3. The molecule has 1 aliphatic rings. The first-order valence-electron chi connectivity index (χ1n) is 6.80. The van der Waals surface area contributed by atoms with Crippen LogP contribution in [0.25, 0.3) is 0 Å². The molecule has 3 heteroatoms. The van der Waals surface area contributed by atoms with E-state index in [9.17, 15) is 0 Å². The molecule has 0 aliphatic carbocycles. The first-order valence-corrected chi connectivity index (χ1v) is 6.80. The maximum Gasteiger partial charge on any atom is 0.166 e. The minimum absolute atomic E-state index is 0.0789. The number of fused-ring (bicyclic) bond motifs is 1. The zero-order valence-corrected chi connectivity index (χ0v) is 11.8. The van der Waals surface area contributed by atoms with E-state index in [0.29, 0.717) is 13.2 Å². The summed E-state index contributed by atoms with van der Waals surface area (Å²) in [6.45, 7) is 5.08. The third-order valence-electron chi connectivity index (χ3n) is 3.24. The number of aryl methyl sites for hydroxylation is 2. The van der Waals surface area contributed by atoms with Gasteiger partial charge in [0.05, 0.1) is 0 Å². The number of benzene rings is 2. The molecular formula is C17H18O3. The van der Waals surface area contributed by atoms with Gasteiger partial charge in [-0.05, 0) is 49.2 Å². The summed E-state index contributed by atoms with van der Waals surface area (Å²) in [7, 11) is 0. The van der Waals surface area contributed by atoms with Gasteiger partial charge < -0.3 is 14.2 Å². The second-order valence-electron chi connectivity index (χ2n) is 5.13. The van der Waals surface area contributed by atoms with E-state index in [4.69, 9.17) is 14.2 Å². The summed E-state index contributed by atoms with van der Waals surface area (Å²) in [6, 6.07) is 14.0. The summed E-state index contributed by atoms with van der Waals surface area (Å²) in [5.74, 6) is 2.47. The Hall–Kier alpha value is -2.16. The summed E-state index contributed by atoms with van der Waals surface area (Å²) in [6.07, 6.45) is -0.0789. The molecule has 0 fully saturated rings. The highest BCUT2D eigenvalue weighted by Crippen LogP contribution is 2.32. The maximum atomic E-state index is 5.91. The molecule has 1 aliphatic heterocycles. The number of rotatable bonds is 3. The van der Waals surface area contributed by atoms with E-state index >= 15 is 0 Å². The number of ether oxygens (including phenoxy) is 3. The van der Waals surface area contributed by atoms with Crippen molar-refractivity contribution in [2.24, 2.45) is 0 Å². The predicted octanol–water partition coefficient (Wildman–Crippen LogP) is 3.52. The minimum atomic E-state index is -0.0789. The zero-order chi connectivity index (χ0) is 13.9. The van der Waals surface area contributed by atoms with Gasteiger partial charge in [0.25, 0.3) is 0 Å². The van der Waals surface area contributed by atoms with E-state index in [1.807, 2.05) is 56.3 Å². The first-order chi connectivity index (χ1) is 9.70. The summed E-state index contributed by atoms with van der Waals surface area (Å²) >= 11 is 0. The number of hydrogen-bond donors (Lipinski definition) is 0. The van der Waals surface area contributed by atoms with Crippen molar-refractivity contribution in [2.75, 3.05) is 13.2 Å². The molecule has 0 radical (unpaired) electrons. The van der Waals surface area contributed by atoms with Gasteiger partial charge in [-0.1, -0.05) is 18.2 Å². The van der Waals surface area contributed by atoms with Gasteiger partial charge in [-0.3, -0.25) is 0 Å². The Morgan fingerprint density at radius 2 is 1.90 bits per heavy atom. The van der Waals surface area contributed by atoms with Gasteiger partial charge in [0, 0.05) is 0 Å². The van der Waals surface area contributed by atoms with E-state index in [1.54, 1.807) is 0 Å². The van der Waals surface area contributed by atoms with Gasteiger partial charge in [0.2, 0.25) is 0 Å². The molecular weight excluding hydrogens is 252 g/mol. The molecule has 3 rings (SSSR count). The molecule has 0 bridgehead atoms. The van der Waals surface area contributed by atoms with E-state index in [-0.39, 0.29) is 6.10 Å². The Labute approximate surface area is 119 Å². The molecule has 1 atom stereocenters. The quantitative estimate of drug-likeness (QED) is 0.854. The van der Waals surface area contributed by atoms with Crippen molar-refractivity contribution >= 4 is 0 Å². The second kappa shape index (κ2) is 5.45. The van der Waals surface area contributed by atoms with Crippen LogP contribution in [0.3, 0.4) is 0 Å². The van der Waals surface area contributed by atoms with Crippen molar-refractivity contribution < 1.29 is 14.2 Å². The molecule has 0 amide bonds. The molecule has 0 aromatic heterocycles. The van der Waals surface area contributed by atoms with Gasteiger partial charge in [0.1, 0.15) is 19.0 Å². The molecule has 104 valence electrons. The Morgan fingerprint density at radius 1 is 1.05 bits per heavy atom. The van der Waals surface area contributed by atoms with Crippen LogP contribution in [0.1, 0.15) is 11.1 Å². The summed E-state index contributed by atoms with van der Waals surface area (Å²) in [4.78, 5) is 0. The van der Waals surface area contributed by atoms with Crippen LogP contribution in [-0.4, -0.2) is 19.3 Å². The smallest absolute Gasteiger partial charge is 0.166 e. The average molecular weight is 270 g/mol. The molecule has 2 aromatic rings. The summed E-state index contributed by atoms with van der Waals surface area (Å²) < 4.78 is 17.4. The highest BCUT2D eigenvalue weighted by Gasteiger charge is 2.21. The molecule has 3 nitrogen and oxygen atoms in total. The van der Waals surface area contributed by atoms with Gasteiger partial charge in [0.15, 0.2) is 17.6 Å². The van der Waals surface area contributed by atoms with Gasteiger partial charge in [-0.25, -0.2) is 0 Å². The van der Waals surface area contributed by atoms with Crippen molar-refractivity contribution in [2.45, 2.75) is 20.0 Å². The van der Waals surface area contributed by atoms with Crippen molar-refractivity contribution in [1.82, 2.24) is 0 Å². The van der Waals surface area contributed by atoms with Crippen LogP contribution in [-0.2, 0) is 0 Å². The van der Waals surface area contributed by atoms with E-state index < -0.39 is 0 Å². The van der Waals surface area contributed by atoms with Crippen molar-refractivity contribution in [3.8, 4) is 17.2 Å². The fraction of sp³-hybridized carbons (Fsp3) is 0.294. The van der Waals surface area contributed by atoms with Crippen LogP contribution in [0.5, 0.6) is 17.2 Å². The van der Waals surface area contributed by atoms with E-state index in [1.165, 1.54) is 5.56 Å². The molecule has 0 saturated carbocycles. The lowest BCUT2D eigenvalue weighted by Gasteiger charge is -2.26. The molecule has 0 N–H and O–H groups in total. The Balaban J connectivity index is 1.63. The van der Waals surface area contributed by atoms with Crippen LogP contribution in [0.4, 0.5) is 0 Å². The monoisotopic (exact) mass is 270 g/mol. The molecule has 1 heterocycles. The Morgan fingerprint density at radius 3 is 2.75 bits per heavy atom. The Bertz CT molecular complexity index is 607. The van der Waals surface area contributed by atoms with Crippen molar-refractivity contribution in [3.05, 3.63) is 53.6 Å².